The highest BCUT2D eigenvalue weighted by atomic mass is 35.5. The largest absolute Gasteiger partial charge is 0.370 e. The van der Waals surface area contributed by atoms with Crippen molar-refractivity contribution in [2.75, 3.05) is 24.2 Å². The molecule has 2 rings (SSSR count). The first-order valence-electron chi connectivity index (χ1n) is 8.16. The number of carbonyl (C=O) groups excluding carboxylic acids is 2. The van der Waals surface area contributed by atoms with E-state index in [4.69, 9.17) is 5.73 Å². The predicted octanol–water partition coefficient (Wildman–Crippen LogP) is 2.79. The van der Waals surface area contributed by atoms with Gasteiger partial charge in [-0.1, -0.05) is 12.1 Å². The zero-order valence-electron chi connectivity index (χ0n) is 13.8. The summed E-state index contributed by atoms with van der Waals surface area (Å²) in [5.41, 5.74) is 5.98. The number of carbonyl (C=O) groups is 2. The number of hydrogen-bond acceptors (Lipinski definition) is 4. The predicted molar refractivity (Wildman–Crippen MR) is 102 cm³/mol. The Morgan fingerprint density at radius 2 is 1.92 bits per heavy atom. The molecule has 0 aliphatic carbocycles. The van der Waals surface area contributed by atoms with E-state index in [1.807, 2.05) is 24.3 Å². The fourth-order valence-corrected chi connectivity index (χ4v) is 3.65. The van der Waals surface area contributed by atoms with E-state index in [1.165, 1.54) is 11.8 Å². The van der Waals surface area contributed by atoms with Gasteiger partial charge in [0.15, 0.2) is 0 Å². The maximum Gasteiger partial charge on any atom is 0.224 e. The Kier molecular flexibility index (Phi) is 9.83. The van der Waals surface area contributed by atoms with Crippen LogP contribution in [0.5, 0.6) is 0 Å². The summed E-state index contributed by atoms with van der Waals surface area (Å²) in [4.78, 5) is 24.0. The van der Waals surface area contributed by atoms with E-state index in [1.54, 1.807) is 0 Å². The van der Waals surface area contributed by atoms with Crippen LogP contribution in [0, 0.1) is 5.92 Å². The van der Waals surface area contributed by atoms with Crippen LogP contribution in [0.15, 0.2) is 29.2 Å². The van der Waals surface area contributed by atoms with Gasteiger partial charge in [-0.3, -0.25) is 9.59 Å². The Morgan fingerprint density at radius 3 is 2.62 bits per heavy atom. The summed E-state index contributed by atoms with van der Waals surface area (Å²) in [6.45, 7) is 2.12. The first-order valence-corrected chi connectivity index (χ1v) is 9.14. The second-order valence-electron chi connectivity index (χ2n) is 5.84. The summed E-state index contributed by atoms with van der Waals surface area (Å²) in [6.07, 6.45) is 4.16. The zero-order valence-corrected chi connectivity index (χ0v) is 15.4. The molecule has 0 saturated carbocycles. The van der Waals surface area contributed by atoms with E-state index < -0.39 is 0 Å². The van der Waals surface area contributed by atoms with Crippen LogP contribution in [-0.2, 0) is 9.59 Å². The minimum absolute atomic E-state index is 0. The molecule has 7 heteroatoms. The van der Waals surface area contributed by atoms with Crippen LogP contribution < -0.4 is 16.4 Å². The van der Waals surface area contributed by atoms with Gasteiger partial charge in [-0.25, -0.2) is 0 Å². The quantitative estimate of drug-likeness (QED) is 0.613. The number of benzene rings is 1. The van der Waals surface area contributed by atoms with E-state index in [-0.39, 0.29) is 24.2 Å². The van der Waals surface area contributed by atoms with Crippen LogP contribution in [0.4, 0.5) is 5.69 Å². The Bertz CT molecular complexity index is 536. The fourth-order valence-electron chi connectivity index (χ4n) is 2.68. The molecule has 2 amide bonds. The fraction of sp³-hybridized carbons (Fsp3) is 0.529. The average molecular weight is 372 g/mol. The Labute approximate surface area is 153 Å². The lowest BCUT2D eigenvalue weighted by Gasteiger charge is -2.22. The third kappa shape index (κ3) is 7.55. The van der Waals surface area contributed by atoms with Gasteiger partial charge >= 0.3 is 0 Å². The Hall–Kier alpha value is -1.24. The van der Waals surface area contributed by atoms with Crippen LogP contribution in [0.2, 0.25) is 0 Å². The van der Waals surface area contributed by atoms with Crippen molar-refractivity contribution >= 4 is 41.7 Å². The maximum atomic E-state index is 12.2. The second-order valence-corrected chi connectivity index (χ2v) is 6.98. The molecule has 4 N–H and O–H groups in total. The topological polar surface area (TPSA) is 84.2 Å². The second kappa shape index (κ2) is 11.3. The summed E-state index contributed by atoms with van der Waals surface area (Å²) in [6, 6.07) is 7.68. The molecule has 0 atom stereocenters. The molecule has 0 radical (unpaired) electrons. The highest BCUT2D eigenvalue weighted by Gasteiger charge is 2.15. The van der Waals surface area contributed by atoms with Gasteiger partial charge < -0.3 is 16.4 Å². The molecular formula is C17H26ClN3O2S. The molecule has 1 aromatic rings. The molecule has 5 nitrogen and oxygen atoms in total. The number of thioether (sulfide) groups is 1. The van der Waals surface area contributed by atoms with Crippen molar-refractivity contribution in [3.63, 3.8) is 0 Å². The Balaban J connectivity index is 0.00000288. The molecule has 1 saturated heterocycles. The minimum Gasteiger partial charge on any atom is -0.370 e. The molecule has 1 aliphatic heterocycles. The molecule has 0 unspecified atom stereocenters. The van der Waals surface area contributed by atoms with Crippen molar-refractivity contribution in [1.82, 2.24) is 5.32 Å². The molecule has 1 fully saturated rings. The van der Waals surface area contributed by atoms with E-state index in [9.17, 15) is 9.59 Å². The van der Waals surface area contributed by atoms with Crippen molar-refractivity contribution in [2.24, 2.45) is 11.7 Å². The van der Waals surface area contributed by atoms with Crippen LogP contribution in [0.1, 0.15) is 32.1 Å². The number of para-hydroxylation sites is 1. The normalized spacial score (nSPS) is 14.7. The number of rotatable bonds is 8. The number of anilines is 1. The number of hydrogen-bond donors (Lipinski definition) is 3. The lowest BCUT2D eigenvalue weighted by atomic mass is 9.93. The number of piperidine rings is 1. The monoisotopic (exact) mass is 371 g/mol. The minimum atomic E-state index is -0.305. The first kappa shape index (κ1) is 20.8. The number of amides is 2. The molecule has 1 heterocycles. The van der Waals surface area contributed by atoms with Gasteiger partial charge in [0.1, 0.15) is 0 Å². The highest BCUT2D eigenvalue weighted by molar-refractivity contribution is 7.99. The van der Waals surface area contributed by atoms with E-state index >= 15 is 0 Å². The van der Waals surface area contributed by atoms with Crippen molar-refractivity contribution in [3.05, 3.63) is 24.3 Å². The first-order chi connectivity index (χ1) is 11.1. The summed E-state index contributed by atoms with van der Waals surface area (Å²) in [7, 11) is 0. The summed E-state index contributed by atoms with van der Waals surface area (Å²) in [5, 5.41) is 6.34. The SMILES string of the molecule is Cl.NC(=O)CCSc1ccccc1NC(=O)CCC1CCNCC1. The smallest absolute Gasteiger partial charge is 0.224 e. The van der Waals surface area contributed by atoms with Crippen LogP contribution in [0.3, 0.4) is 0 Å². The van der Waals surface area contributed by atoms with Gasteiger partial charge in [-0.2, -0.15) is 0 Å². The zero-order chi connectivity index (χ0) is 16.5. The van der Waals surface area contributed by atoms with E-state index in [0.29, 0.717) is 24.5 Å². The molecule has 0 aromatic heterocycles. The van der Waals surface area contributed by atoms with Crippen LogP contribution in [-0.4, -0.2) is 30.7 Å². The third-order valence-corrected chi connectivity index (χ3v) is 5.08. The summed E-state index contributed by atoms with van der Waals surface area (Å²) < 4.78 is 0. The van der Waals surface area contributed by atoms with Crippen molar-refractivity contribution in [2.45, 2.75) is 37.0 Å². The molecule has 0 spiro atoms. The molecule has 1 aromatic carbocycles. The molecular weight excluding hydrogens is 346 g/mol. The lowest BCUT2D eigenvalue weighted by molar-refractivity contribution is -0.118. The number of nitrogens with two attached hydrogens (primary N) is 1. The summed E-state index contributed by atoms with van der Waals surface area (Å²) in [5.74, 6) is 1.03. The maximum absolute atomic E-state index is 12.2. The van der Waals surface area contributed by atoms with E-state index in [0.717, 1.165) is 42.9 Å². The van der Waals surface area contributed by atoms with Crippen LogP contribution >= 0.6 is 24.2 Å². The van der Waals surface area contributed by atoms with Gasteiger partial charge in [0.2, 0.25) is 11.8 Å². The molecule has 0 bridgehead atoms. The number of nitrogens with one attached hydrogen (secondary N) is 2. The Morgan fingerprint density at radius 1 is 1.21 bits per heavy atom. The van der Waals surface area contributed by atoms with Crippen LogP contribution in [0.25, 0.3) is 0 Å². The van der Waals surface area contributed by atoms with Crippen molar-refractivity contribution in [3.8, 4) is 0 Å². The molecule has 24 heavy (non-hydrogen) atoms. The van der Waals surface area contributed by atoms with Gasteiger partial charge in [0.25, 0.3) is 0 Å². The van der Waals surface area contributed by atoms with Crippen molar-refractivity contribution < 1.29 is 9.59 Å². The number of primary amides is 1. The summed E-state index contributed by atoms with van der Waals surface area (Å²) >= 11 is 1.54. The van der Waals surface area contributed by atoms with E-state index in [2.05, 4.69) is 10.6 Å². The van der Waals surface area contributed by atoms with Gasteiger partial charge in [-0.05, 0) is 50.4 Å². The highest BCUT2D eigenvalue weighted by Crippen LogP contribution is 2.28. The van der Waals surface area contributed by atoms with Gasteiger partial charge in [-0.15, -0.1) is 24.2 Å². The standard InChI is InChI=1S/C17H25N3O2S.ClH/c18-16(21)9-12-23-15-4-2-1-3-14(15)20-17(22)6-5-13-7-10-19-11-8-13;/h1-4,13,19H,5-12H2,(H2,18,21)(H,20,22);1H. The average Bonchev–Trinajstić information content (AvgIpc) is 2.55. The lowest BCUT2D eigenvalue weighted by Crippen LogP contribution is -2.28. The third-order valence-electron chi connectivity index (χ3n) is 4.01. The van der Waals surface area contributed by atoms with Gasteiger partial charge in [0, 0.05) is 23.5 Å². The van der Waals surface area contributed by atoms with Gasteiger partial charge in [0.05, 0.1) is 5.69 Å². The molecule has 1 aliphatic rings. The van der Waals surface area contributed by atoms with Crippen molar-refractivity contribution in [1.29, 1.82) is 0 Å². The molecule has 134 valence electrons. The number of halogens is 1.